The second kappa shape index (κ2) is 5.24. The van der Waals surface area contributed by atoms with E-state index in [0.717, 1.165) is 11.3 Å². The molecular formula is C16H13Cl2NO2. The summed E-state index contributed by atoms with van der Waals surface area (Å²) >= 11 is 12.7. The molecule has 1 heterocycles. The summed E-state index contributed by atoms with van der Waals surface area (Å²) < 4.78 is 3.72. The number of anilines is 1. The minimum Gasteiger partial charge on any atom is -0.465 e. The van der Waals surface area contributed by atoms with E-state index in [4.69, 9.17) is 23.2 Å². The lowest BCUT2D eigenvalue weighted by atomic mass is 10.1. The molecule has 0 bridgehead atoms. The SMILES string of the molecule is COC(=O)c1ccc(C2N(c3ccccc3)C2(Cl)Cl)cc1. The third kappa shape index (κ3) is 2.47. The molecule has 1 saturated heterocycles. The van der Waals surface area contributed by atoms with Crippen LogP contribution < -0.4 is 4.90 Å². The molecule has 1 aliphatic rings. The van der Waals surface area contributed by atoms with Gasteiger partial charge in [-0.25, -0.2) is 4.79 Å². The topological polar surface area (TPSA) is 29.3 Å². The fourth-order valence-corrected chi connectivity index (χ4v) is 3.16. The Bertz CT molecular complexity index is 656. The molecule has 1 fully saturated rings. The third-order valence-corrected chi connectivity index (χ3v) is 4.30. The van der Waals surface area contributed by atoms with Crippen molar-refractivity contribution in [3.05, 3.63) is 65.7 Å². The van der Waals surface area contributed by atoms with Crippen molar-refractivity contribution in [3.8, 4) is 0 Å². The minimum absolute atomic E-state index is 0.130. The first kappa shape index (κ1) is 14.2. The van der Waals surface area contributed by atoms with Gasteiger partial charge in [-0.15, -0.1) is 0 Å². The minimum atomic E-state index is -0.964. The van der Waals surface area contributed by atoms with E-state index in [9.17, 15) is 4.79 Å². The van der Waals surface area contributed by atoms with Gasteiger partial charge in [-0.1, -0.05) is 53.5 Å². The van der Waals surface area contributed by atoms with Crippen LogP contribution in [0.15, 0.2) is 54.6 Å². The number of benzene rings is 2. The second-order valence-electron chi connectivity index (χ2n) is 4.81. The molecule has 21 heavy (non-hydrogen) atoms. The van der Waals surface area contributed by atoms with Crippen LogP contribution in [0.3, 0.4) is 0 Å². The standard InChI is InChI=1S/C16H13Cl2NO2/c1-21-15(20)12-9-7-11(8-10-12)14-16(17,18)19(14)13-5-3-2-4-6-13/h2-10,14H,1H3. The van der Waals surface area contributed by atoms with Crippen LogP contribution >= 0.6 is 23.2 Å². The lowest BCUT2D eigenvalue weighted by Gasteiger charge is -2.05. The number of rotatable bonds is 3. The number of ether oxygens (including phenoxy) is 1. The van der Waals surface area contributed by atoms with Gasteiger partial charge in [0.2, 0.25) is 4.46 Å². The molecule has 0 amide bonds. The summed E-state index contributed by atoms with van der Waals surface area (Å²) in [6.07, 6.45) is 0. The monoisotopic (exact) mass is 321 g/mol. The Kier molecular flexibility index (Phi) is 3.56. The maximum Gasteiger partial charge on any atom is 0.337 e. The maximum atomic E-state index is 11.4. The Labute approximate surface area is 133 Å². The Morgan fingerprint density at radius 2 is 1.71 bits per heavy atom. The summed E-state index contributed by atoms with van der Waals surface area (Å²) in [4.78, 5) is 13.4. The van der Waals surface area contributed by atoms with Crippen molar-refractivity contribution in [2.45, 2.75) is 10.5 Å². The largest absolute Gasteiger partial charge is 0.465 e. The number of alkyl halides is 2. The molecule has 0 aliphatic carbocycles. The maximum absolute atomic E-state index is 11.4. The van der Waals surface area contributed by atoms with Gasteiger partial charge in [0.1, 0.15) is 6.04 Å². The lowest BCUT2D eigenvalue weighted by molar-refractivity contribution is 0.0600. The zero-order valence-corrected chi connectivity index (χ0v) is 12.8. The average molecular weight is 322 g/mol. The van der Waals surface area contributed by atoms with E-state index in [2.05, 4.69) is 4.74 Å². The number of para-hydroxylation sites is 1. The smallest absolute Gasteiger partial charge is 0.337 e. The van der Waals surface area contributed by atoms with E-state index in [1.54, 1.807) is 12.1 Å². The van der Waals surface area contributed by atoms with Gasteiger partial charge in [-0.3, -0.25) is 0 Å². The van der Waals surface area contributed by atoms with Gasteiger partial charge in [0.05, 0.1) is 12.7 Å². The van der Waals surface area contributed by atoms with Gasteiger partial charge in [-0.05, 0) is 29.8 Å². The van der Waals surface area contributed by atoms with Crippen LogP contribution in [0.2, 0.25) is 0 Å². The molecule has 2 aromatic rings. The molecule has 1 unspecified atom stereocenters. The van der Waals surface area contributed by atoms with Crippen LogP contribution in [-0.2, 0) is 4.74 Å². The van der Waals surface area contributed by atoms with E-state index in [1.807, 2.05) is 47.4 Å². The highest BCUT2D eigenvalue weighted by Crippen LogP contribution is 2.61. The van der Waals surface area contributed by atoms with Crippen LogP contribution in [-0.4, -0.2) is 17.5 Å². The Morgan fingerprint density at radius 3 is 2.29 bits per heavy atom. The molecule has 0 saturated carbocycles. The Morgan fingerprint density at radius 1 is 1.10 bits per heavy atom. The lowest BCUT2D eigenvalue weighted by Crippen LogP contribution is -2.01. The highest BCUT2D eigenvalue weighted by molar-refractivity contribution is 6.53. The van der Waals surface area contributed by atoms with Crippen molar-refractivity contribution in [1.82, 2.24) is 0 Å². The van der Waals surface area contributed by atoms with Crippen molar-refractivity contribution in [2.24, 2.45) is 0 Å². The summed E-state index contributed by atoms with van der Waals surface area (Å²) in [6, 6.07) is 16.7. The fraction of sp³-hybridized carbons (Fsp3) is 0.188. The number of hydrogen-bond acceptors (Lipinski definition) is 3. The summed E-state index contributed by atoms with van der Waals surface area (Å²) in [5.41, 5.74) is 2.42. The molecule has 5 heteroatoms. The van der Waals surface area contributed by atoms with E-state index < -0.39 is 4.46 Å². The van der Waals surface area contributed by atoms with Crippen molar-refractivity contribution >= 4 is 34.9 Å². The zero-order valence-electron chi connectivity index (χ0n) is 11.3. The molecule has 0 radical (unpaired) electrons. The van der Waals surface area contributed by atoms with Gasteiger partial charge in [0.15, 0.2) is 0 Å². The van der Waals surface area contributed by atoms with E-state index in [-0.39, 0.29) is 12.0 Å². The number of carbonyl (C=O) groups is 1. The van der Waals surface area contributed by atoms with Crippen LogP contribution in [0, 0.1) is 0 Å². The first-order chi connectivity index (χ1) is 10.1. The molecule has 1 aliphatic heterocycles. The molecule has 1 atom stereocenters. The van der Waals surface area contributed by atoms with E-state index >= 15 is 0 Å². The molecule has 0 aromatic heterocycles. The highest BCUT2D eigenvalue weighted by Gasteiger charge is 2.62. The number of halogens is 2. The highest BCUT2D eigenvalue weighted by atomic mass is 35.5. The first-order valence-electron chi connectivity index (χ1n) is 6.46. The predicted molar refractivity (Wildman–Crippen MR) is 83.9 cm³/mol. The van der Waals surface area contributed by atoms with E-state index in [0.29, 0.717) is 5.56 Å². The van der Waals surface area contributed by atoms with Crippen LogP contribution in [0.25, 0.3) is 0 Å². The van der Waals surface area contributed by atoms with Crippen molar-refractivity contribution in [1.29, 1.82) is 0 Å². The predicted octanol–water partition coefficient (Wildman–Crippen LogP) is 4.17. The summed E-state index contributed by atoms with van der Waals surface area (Å²) in [5.74, 6) is -0.361. The Balaban J connectivity index is 1.86. The molecule has 108 valence electrons. The van der Waals surface area contributed by atoms with Gasteiger partial charge in [0, 0.05) is 5.69 Å². The molecular weight excluding hydrogens is 309 g/mol. The van der Waals surface area contributed by atoms with Crippen LogP contribution in [0.4, 0.5) is 5.69 Å². The van der Waals surface area contributed by atoms with Crippen molar-refractivity contribution in [2.75, 3.05) is 12.0 Å². The number of carbonyl (C=O) groups excluding carboxylic acids is 1. The molecule has 0 N–H and O–H groups in total. The van der Waals surface area contributed by atoms with Gasteiger partial charge in [0.25, 0.3) is 0 Å². The fourth-order valence-electron chi connectivity index (χ4n) is 2.42. The van der Waals surface area contributed by atoms with Gasteiger partial charge >= 0.3 is 5.97 Å². The normalized spacial score (nSPS) is 19.2. The molecule has 3 nitrogen and oxygen atoms in total. The molecule has 2 aromatic carbocycles. The van der Waals surface area contributed by atoms with Crippen molar-refractivity contribution < 1.29 is 9.53 Å². The Hall–Kier alpha value is -1.71. The van der Waals surface area contributed by atoms with Gasteiger partial charge < -0.3 is 9.64 Å². The van der Waals surface area contributed by atoms with Gasteiger partial charge in [-0.2, -0.15) is 0 Å². The summed E-state index contributed by atoms with van der Waals surface area (Å²) in [5, 5.41) is 0. The first-order valence-corrected chi connectivity index (χ1v) is 7.22. The van der Waals surface area contributed by atoms with Crippen molar-refractivity contribution in [3.63, 3.8) is 0 Å². The van der Waals surface area contributed by atoms with Crippen LogP contribution in [0.5, 0.6) is 0 Å². The zero-order chi connectivity index (χ0) is 15.0. The van der Waals surface area contributed by atoms with E-state index in [1.165, 1.54) is 7.11 Å². The third-order valence-electron chi connectivity index (χ3n) is 3.52. The number of methoxy groups -OCH3 is 1. The van der Waals surface area contributed by atoms with Crippen LogP contribution in [0.1, 0.15) is 22.0 Å². The number of hydrogen-bond donors (Lipinski definition) is 0. The number of esters is 1. The summed E-state index contributed by atoms with van der Waals surface area (Å²) in [7, 11) is 1.36. The molecule has 0 spiro atoms. The quantitative estimate of drug-likeness (QED) is 0.368. The summed E-state index contributed by atoms with van der Waals surface area (Å²) in [6.45, 7) is 0. The molecule has 3 rings (SSSR count). The number of nitrogens with zero attached hydrogens (tertiary/aromatic N) is 1. The second-order valence-corrected chi connectivity index (χ2v) is 6.16. The average Bonchev–Trinajstić information content (AvgIpc) is 3.10.